The molecule has 0 saturated carbocycles. The number of hydrogen-bond acceptors (Lipinski definition) is 5. The van der Waals surface area contributed by atoms with E-state index in [9.17, 15) is 14.4 Å². The normalized spacial score (nSPS) is 12.1. The molecule has 2 rings (SSSR count). The van der Waals surface area contributed by atoms with E-state index >= 15 is 0 Å². The first kappa shape index (κ1) is 12.9. The highest BCUT2D eigenvalue weighted by Crippen LogP contribution is 2.37. The molecule has 1 heterocycles. The van der Waals surface area contributed by atoms with Crippen LogP contribution in [0.4, 0.5) is 5.69 Å². The molecular weight excluding hydrogens is 254 g/mol. The lowest BCUT2D eigenvalue weighted by Crippen LogP contribution is -2.17. The van der Waals surface area contributed by atoms with Gasteiger partial charge in [0.05, 0.1) is 5.69 Å². The summed E-state index contributed by atoms with van der Waals surface area (Å²) in [6.45, 7) is 1.38. The van der Waals surface area contributed by atoms with Crippen LogP contribution in [0.3, 0.4) is 0 Å². The van der Waals surface area contributed by atoms with Gasteiger partial charge in [0.2, 0.25) is 12.7 Å². The van der Waals surface area contributed by atoms with Crippen LogP contribution in [0.1, 0.15) is 23.7 Å². The predicted molar refractivity (Wildman–Crippen MR) is 63.5 cm³/mol. The Bertz CT molecular complexity index is 566. The Balaban J connectivity index is 2.30. The van der Waals surface area contributed by atoms with E-state index in [-0.39, 0.29) is 23.8 Å². The summed E-state index contributed by atoms with van der Waals surface area (Å²) in [4.78, 5) is 33.4. The van der Waals surface area contributed by atoms with Gasteiger partial charge in [-0.25, -0.2) is 0 Å². The number of nitrogens with one attached hydrogen (secondary N) is 1. The third kappa shape index (κ3) is 2.82. The molecule has 2 N–H and O–H groups in total. The average molecular weight is 265 g/mol. The van der Waals surface area contributed by atoms with Crippen LogP contribution in [-0.4, -0.2) is 29.6 Å². The molecule has 0 saturated heterocycles. The number of carbonyl (C=O) groups is 3. The van der Waals surface area contributed by atoms with E-state index in [0.717, 1.165) is 0 Å². The van der Waals surface area contributed by atoms with Gasteiger partial charge in [-0.3, -0.25) is 14.4 Å². The molecule has 19 heavy (non-hydrogen) atoms. The molecule has 7 nitrogen and oxygen atoms in total. The minimum atomic E-state index is -1.25. The Morgan fingerprint density at radius 3 is 2.47 bits per heavy atom. The fourth-order valence-corrected chi connectivity index (χ4v) is 1.67. The summed E-state index contributed by atoms with van der Waals surface area (Å²) in [7, 11) is 0. The van der Waals surface area contributed by atoms with Crippen LogP contribution in [0.15, 0.2) is 12.1 Å². The number of amides is 1. The summed E-state index contributed by atoms with van der Waals surface area (Å²) < 4.78 is 10.3. The SMILES string of the molecule is CC(=O)c1cc2c(cc1NC(=O)CC(=O)O)OCO2. The molecule has 0 bridgehead atoms. The van der Waals surface area contributed by atoms with E-state index in [1.807, 2.05) is 0 Å². The highest BCUT2D eigenvalue weighted by Gasteiger charge is 2.20. The lowest BCUT2D eigenvalue weighted by atomic mass is 10.1. The molecule has 1 aliphatic rings. The zero-order valence-corrected chi connectivity index (χ0v) is 10.1. The summed E-state index contributed by atoms with van der Waals surface area (Å²) in [6, 6.07) is 2.90. The molecule has 1 aliphatic heterocycles. The van der Waals surface area contributed by atoms with Crippen molar-refractivity contribution in [3.05, 3.63) is 17.7 Å². The highest BCUT2D eigenvalue weighted by molar-refractivity contribution is 6.07. The Hall–Kier alpha value is -2.57. The van der Waals surface area contributed by atoms with Crippen LogP contribution >= 0.6 is 0 Å². The molecule has 0 unspecified atom stereocenters. The molecule has 0 spiro atoms. The summed E-state index contributed by atoms with van der Waals surface area (Å²) in [6.07, 6.45) is -0.675. The zero-order chi connectivity index (χ0) is 14.0. The number of anilines is 1. The van der Waals surface area contributed by atoms with Crippen molar-refractivity contribution in [1.82, 2.24) is 0 Å². The van der Waals surface area contributed by atoms with Gasteiger partial charge in [0.15, 0.2) is 17.3 Å². The Morgan fingerprint density at radius 2 is 1.89 bits per heavy atom. The molecule has 1 aromatic rings. The van der Waals surface area contributed by atoms with Crippen molar-refractivity contribution in [1.29, 1.82) is 0 Å². The van der Waals surface area contributed by atoms with Gasteiger partial charge in [-0.1, -0.05) is 0 Å². The second-order valence-electron chi connectivity index (χ2n) is 3.93. The minimum absolute atomic E-state index is 0.0409. The Morgan fingerprint density at radius 1 is 1.26 bits per heavy atom. The second kappa shape index (κ2) is 4.97. The van der Waals surface area contributed by atoms with Gasteiger partial charge in [0, 0.05) is 11.6 Å². The van der Waals surface area contributed by atoms with Crippen LogP contribution in [0.5, 0.6) is 11.5 Å². The first-order chi connectivity index (χ1) is 8.97. The van der Waals surface area contributed by atoms with Gasteiger partial charge in [-0.2, -0.15) is 0 Å². The number of ether oxygens (including phenoxy) is 2. The number of rotatable bonds is 4. The van der Waals surface area contributed by atoms with Crippen molar-refractivity contribution in [3.8, 4) is 11.5 Å². The van der Waals surface area contributed by atoms with Gasteiger partial charge in [0.25, 0.3) is 0 Å². The fourth-order valence-electron chi connectivity index (χ4n) is 1.67. The maximum absolute atomic E-state index is 11.5. The first-order valence-corrected chi connectivity index (χ1v) is 5.43. The van der Waals surface area contributed by atoms with E-state index in [1.165, 1.54) is 19.1 Å². The number of carboxylic acid groups (broad SMARTS) is 1. The summed E-state index contributed by atoms with van der Waals surface area (Å²) in [5.74, 6) is -1.42. The van der Waals surface area contributed by atoms with Crippen molar-refractivity contribution in [3.63, 3.8) is 0 Å². The maximum atomic E-state index is 11.5. The van der Waals surface area contributed by atoms with Crippen LogP contribution < -0.4 is 14.8 Å². The number of fused-ring (bicyclic) bond motifs is 1. The van der Waals surface area contributed by atoms with Gasteiger partial charge in [-0.05, 0) is 13.0 Å². The molecule has 1 aromatic carbocycles. The molecule has 0 atom stereocenters. The van der Waals surface area contributed by atoms with Crippen LogP contribution in [-0.2, 0) is 9.59 Å². The van der Waals surface area contributed by atoms with Crippen molar-refractivity contribution in [2.24, 2.45) is 0 Å². The molecular formula is C12H11NO6. The number of hydrogen-bond donors (Lipinski definition) is 2. The minimum Gasteiger partial charge on any atom is -0.481 e. The second-order valence-corrected chi connectivity index (χ2v) is 3.93. The van der Waals surface area contributed by atoms with Crippen molar-refractivity contribution in [2.75, 3.05) is 12.1 Å². The van der Waals surface area contributed by atoms with Gasteiger partial charge in [0.1, 0.15) is 6.42 Å². The molecule has 1 amide bonds. The van der Waals surface area contributed by atoms with Gasteiger partial charge < -0.3 is 19.9 Å². The summed E-state index contributed by atoms with van der Waals surface area (Å²) >= 11 is 0. The van der Waals surface area contributed by atoms with Crippen LogP contribution in [0.25, 0.3) is 0 Å². The smallest absolute Gasteiger partial charge is 0.312 e. The quantitative estimate of drug-likeness (QED) is 0.622. The van der Waals surface area contributed by atoms with Crippen molar-refractivity contribution in [2.45, 2.75) is 13.3 Å². The molecule has 100 valence electrons. The molecule has 7 heteroatoms. The van der Waals surface area contributed by atoms with E-state index in [2.05, 4.69) is 5.32 Å². The highest BCUT2D eigenvalue weighted by atomic mass is 16.7. The van der Waals surface area contributed by atoms with E-state index in [4.69, 9.17) is 14.6 Å². The summed E-state index contributed by atoms with van der Waals surface area (Å²) in [5, 5.41) is 10.9. The largest absolute Gasteiger partial charge is 0.481 e. The van der Waals surface area contributed by atoms with Gasteiger partial charge >= 0.3 is 5.97 Å². The van der Waals surface area contributed by atoms with Crippen molar-refractivity contribution < 1.29 is 29.0 Å². The van der Waals surface area contributed by atoms with Crippen molar-refractivity contribution >= 4 is 23.3 Å². The lowest BCUT2D eigenvalue weighted by molar-refractivity contribution is -0.139. The third-order valence-corrected chi connectivity index (χ3v) is 2.48. The number of benzene rings is 1. The van der Waals surface area contributed by atoms with E-state index < -0.39 is 18.3 Å². The van der Waals surface area contributed by atoms with E-state index in [0.29, 0.717) is 11.5 Å². The summed E-state index contributed by atoms with van der Waals surface area (Å²) in [5.41, 5.74) is 0.450. The number of aliphatic carboxylic acids is 1. The molecule has 0 aromatic heterocycles. The number of carbonyl (C=O) groups excluding carboxylic acids is 2. The number of Topliss-reactive ketones (excluding diaryl/α,β-unsaturated/α-hetero) is 1. The third-order valence-electron chi connectivity index (χ3n) is 2.48. The fraction of sp³-hybridized carbons (Fsp3) is 0.250. The van der Waals surface area contributed by atoms with Crippen LogP contribution in [0, 0.1) is 0 Å². The zero-order valence-electron chi connectivity index (χ0n) is 10.1. The molecule has 0 aliphatic carbocycles. The van der Waals surface area contributed by atoms with E-state index in [1.54, 1.807) is 0 Å². The monoisotopic (exact) mass is 265 g/mol. The predicted octanol–water partition coefficient (Wildman–Crippen LogP) is 1.03. The average Bonchev–Trinajstić information content (AvgIpc) is 2.73. The van der Waals surface area contributed by atoms with Crippen LogP contribution in [0.2, 0.25) is 0 Å². The number of ketones is 1. The number of carboxylic acids is 1. The maximum Gasteiger partial charge on any atom is 0.312 e. The Kier molecular flexibility index (Phi) is 3.37. The first-order valence-electron chi connectivity index (χ1n) is 5.43. The lowest BCUT2D eigenvalue weighted by Gasteiger charge is -2.09. The van der Waals surface area contributed by atoms with Gasteiger partial charge in [-0.15, -0.1) is 0 Å². The molecule has 0 fully saturated rings. The Labute approximate surface area is 108 Å². The topological polar surface area (TPSA) is 102 Å². The standard InChI is InChI=1S/C12H11NO6/c1-6(14)7-2-9-10(19-5-18-9)3-8(7)13-11(15)4-12(16)17/h2-3H,4-5H2,1H3,(H,13,15)(H,16,17). The molecule has 0 radical (unpaired) electrons.